The summed E-state index contributed by atoms with van der Waals surface area (Å²) >= 11 is 7.85. The first-order chi connectivity index (χ1) is 14.1. The smallest absolute Gasteiger partial charge is 0.186 e. The summed E-state index contributed by atoms with van der Waals surface area (Å²) in [7, 11) is 3.39. The van der Waals surface area contributed by atoms with Crippen LogP contribution in [0.25, 0.3) is 11.3 Å². The van der Waals surface area contributed by atoms with Crippen molar-refractivity contribution in [2.45, 2.75) is 33.4 Å². The molecule has 0 aliphatic heterocycles. The molecule has 0 aliphatic carbocycles. The number of rotatable bonds is 9. The molecule has 3 aromatic rings. The average molecular weight is 431 g/mol. The molecule has 154 valence electrons. The normalized spacial score (nSPS) is 10.9. The third kappa shape index (κ3) is 5.10. The average Bonchev–Trinajstić information content (AvgIpc) is 3.10. The molecule has 0 atom stereocenters. The fourth-order valence-corrected chi connectivity index (χ4v) is 4.46. The van der Waals surface area contributed by atoms with Gasteiger partial charge in [-0.05, 0) is 42.7 Å². The highest BCUT2D eigenvalue weighted by Gasteiger charge is 2.19. The number of aromatic nitrogens is 1. The maximum atomic E-state index is 6.13. The van der Waals surface area contributed by atoms with Gasteiger partial charge in [-0.2, -0.15) is 0 Å². The third-order valence-electron chi connectivity index (χ3n) is 4.75. The lowest BCUT2D eigenvalue weighted by atomic mass is 10.1. The molecule has 0 spiro atoms. The van der Waals surface area contributed by atoms with Crippen LogP contribution in [0.2, 0.25) is 5.02 Å². The standard InChI is InChI=1S/C23H27ClN2O2S/c1-5-12-26(14-17-8-6-7-9-18(17)15-27-3)23-25-22(16(2)29-23)20-11-10-19(24)13-21(20)28-4/h6-11,13H,5,12,14-15H2,1-4H3. The Balaban J connectivity index is 1.95. The fraction of sp³-hybridized carbons (Fsp3) is 0.348. The van der Waals surface area contributed by atoms with Crippen molar-refractivity contribution in [2.24, 2.45) is 0 Å². The molecule has 4 nitrogen and oxygen atoms in total. The summed E-state index contributed by atoms with van der Waals surface area (Å²) in [5.41, 5.74) is 4.39. The molecule has 2 aromatic carbocycles. The Kier molecular flexibility index (Phi) is 7.53. The molecule has 0 amide bonds. The summed E-state index contributed by atoms with van der Waals surface area (Å²) in [5.74, 6) is 0.741. The number of hydrogen-bond acceptors (Lipinski definition) is 5. The first kappa shape index (κ1) is 21.6. The monoisotopic (exact) mass is 430 g/mol. The topological polar surface area (TPSA) is 34.6 Å². The molecule has 0 fully saturated rings. The predicted molar refractivity (Wildman–Crippen MR) is 122 cm³/mol. The minimum atomic E-state index is 0.611. The molecule has 0 unspecified atom stereocenters. The van der Waals surface area contributed by atoms with Gasteiger partial charge in [0.2, 0.25) is 0 Å². The van der Waals surface area contributed by atoms with E-state index in [0.29, 0.717) is 11.6 Å². The van der Waals surface area contributed by atoms with Crippen LogP contribution in [0.1, 0.15) is 29.3 Å². The number of anilines is 1. The van der Waals surface area contributed by atoms with Crippen LogP contribution in [-0.4, -0.2) is 25.7 Å². The third-order valence-corrected chi connectivity index (χ3v) is 6.01. The van der Waals surface area contributed by atoms with Gasteiger partial charge in [0.1, 0.15) is 5.75 Å². The van der Waals surface area contributed by atoms with Crippen LogP contribution in [0.4, 0.5) is 5.13 Å². The number of thiazole rings is 1. The summed E-state index contributed by atoms with van der Waals surface area (Å²) in [6.45, 7) is 6.65. The summed E-state index contributed by atoms with van der Waals surface area (Å²) < 4.78 is 10.9. The second kappa shape index (κ2) is 10.1. The molecule has 0 radical (unpaired) electrons. The summed E-state index contributed by atoms with van der Waals surface area (Å²) in [4.78, 5) is 8.50. The van der Waals surface area contributed by atoms with Crippen LogP contribution in [0, 0.1) is 6.92 Å². The van der Waals surface area contributed by atoms with Gasteiger partial charge in [-0.1, -0.05) is 42.8 Å². The number of ether oxygens (including phenoxy) is 2. The van der Waals surface area contributed by atoms with E-state index in [-0.39, 0.29) is 0 Å². The van der Waals surface area contributed by atoms with Crippen molar-refractivity contribution in [1.82, 2.24) is 4.98 Å². The molecule has 0 saturated carbocycles. The Labute approximate surface area is 182 Å². The van der Waals surface area contributed by atoms with Crippen molar-refractivity contribution < 1.29 is 9.47 Å². The van der Waals surface area contributed by atoms with Crippen molar-refractivity contribution >= 4 is 28.1 Å². The maximum Gasteiger partial charge on any atom is 0.186 e. The Hall–Kier alpha value is -2.08. The van der Waals surface area contributed by atoms with Crippen LogP contribution in [0.15, 0.2) is 42.5 Å². The first-order valence-corrected chi connectivity index (χ1v) is 10.9. The van der Waals surface area contributed by atoms with E-state index >= 15 is 0 Å². The van der Waals surface area contributed by atoms with Gasteiger partial charge in [0, 0.05) is 35.7 Å². The highest BCUT2D eigenvalue weighted by Crippen LogP contribution is 2.38. The molecule has 0 N–H and O–H groups in total. The van der Waals surface area contributed by atoms with E-state index in [1.54, 1.807) is 25.6 Å². The van der Waals surface area contributed by atoms with Gasteiger partial charge < -0.3 is 14.4 Å². The second-order valence-electron chi connectivity index (χ2n) is 6.87. The molecule has 29 heavy (non-hydrogen) atoms. The Bertz CT molecular complexity index is 958. The number of hydrogen-bond donors (Lipinski definition) is 0. The number of aryl methyl sites for hydroxylation is 1. The quantitative estimate of drug-likeness (QED) is 0.396. The van der Waals surface area contributed by atoms with Crippen molar-refractivity contribution in [3.8, 4) is 17.0 Å². The van der Waals surface area contributed by atoms with Crippen LogP contribution >= 0.6 is 22.9 Å². The summed E-state index contributed by atoms with van der Waals surface area (Å²) in [6, 6.07) is 14.1. The molecule has 6 heteroatoms. The van der Waals surface area contributed by atoms with E-state index < -0.39 is 0 Å². The number of methoxy groups -OCH3 is 2. The zero-order valence-corrected chi connectivity index (χ0v) is 18.9. The van der Waals surface area contributed by atoms with Crippen molar-refractivity contribution in [3.05, 3.63) is 63.5 Å². The van der Waals surface area contributed by atoms with E-state index in [2.05, 4.69) is 43.0 Å². The van der Waals surface area contributed by atoms with E-state index in [9.17, 15) is 0 Å². The maximum absolute atomic E-state index is 6.13. The lowest BCUT2D eigenvalue weighted by Crippen LogP contribution is -2.24. The van der Waals surface area contributed by atoms with Crippen molar-refractivity contribution in [3.63, 3.8) is 0 Å². The largest absolute Gasteiger partial charge is 0.496 e. The predicted octanol–water partition coefficient (Wildman–Crippen LogP) is 6.34. The minimum absolute atomic E-state index is 0.611. The van der Waals surface area contributed by atoms with Gasteiger partial charge in [0.15, 0.2) is 5.13 Å². The molecular formula is C23H27ClN2O2S. The van der Waals surface area contributed by atoms with Gasteiger partial charge in [0.25, 0.3) is 0 Å². The highest BCUT2D eigenvalue weighted by atomic mass is 35.5. The van der Waals surface area contributed by atoms with Crippen molar-refractivity contribution in [2.75, 3.05) is 25.7 Å². The lowest BCUT2D eigenvalue weighted by Gasteiger charge is -2.22. The van der Waals surface area contributed by atoms with Crippen LogP contribution < -0.4 is 9.64 Å². The molecule has 1 heterocycles. The van der Waals surface area contributed by atoms with Gasteiger partial charge in [-0.3, -0.25) is 0 Å². The van der Waals surface area contributed by atoms with Gasteiger partial charge in [-0.25, -0.2) is 4.98 Å². The number of halogens is 1. The second-order valence-corrected chi connectivity index (χ2v) is 8.49. The summed E-state index contributed by atoms with van der Waals surface area (Å²) in [5, 5.41) is 1.67. The zero-order valence-electron chi connectivity index (χ0n) is 17.4. The fourth-order valence-electron chi connectivity index (χ4n) is 3.35. The van der Waals surface area contributed by atoms with Gasteiger partial charge in [-0.15, -0.1) is 11.3 Å². The minimum Gasteiger partial charge on any atom is -0.496 e. The SMILES string of the molecule is CCCN(Cc1ccccc1COC)c1nc(-c2ccc(Cl)cc2OC)c(C)s1. The molecule has 0 aliphatic rings. The zero-order chi connectivity index (χ0) is 20.8. The molecule has 1 aromatic heterocycles. The van der Waals surface area contributed by atoms with E-state index in [1.807, 2.05) is 18.2 Å². The molecular weight excluding hydrogens is 404 g/mol. The van der Waals surface area contributed by atoms with Crippen molar-refractivity contribution in [1.29, 1.82) is 0 Å². The summed E-state index contributed by atoms with van der Waals surface area (Å²) in [6.07, 6.45) is 1.05. The van der Waals surface area contributed by atoms with Crippen LogP contribution in [-0.2, 0) is 17.9 Å². The van der Waals surface area contributed by atoms with E-state index in [1.165, 1.54) is 11.1 Å². The van der Waals surface area contributed by atoms with Crippen LogP contribution in [0.5, 0.6) is 5.75 Å². The Morgan fingerprint density at radius 2 is 1.86 bits per heavy atom. The van der Waals surface area contributed by atoms with Crippen LogP contribution in [0.3, 0.4) is 0 Å². The molecule has 0 bridgehead atoms. The first-order valence-electron chi connectivity index (χ1n) is 9.69. The van der Waals surface area contributed by atoms with Gasteiger partial charge >= 0.3 is 0 Å². The Morgan fingerprint density at radius 1 is 1.10 bits per heavy atom. The number of nitrogens with zero attached hydrogens (tertiary/aromatic N) is 2. The highest BCUT2D eigenvalue weighted by molar-refractivity contribution is 7.16. The van der Waals surface area contributed by atoms with E-state index in [4.69, 9.17) is 26.1 Å². The van der Waals surface area contributed by atoms with E-state index in [0.717, 1.165) is 46.5 Å². The lowest BCUT2D eigenvalue weighted by molar-refractivity contribution is 0.184. The molecule has 3 rings (SSSR count). The molecule has 0 saturated heterocycles. The number of benzene rings is 2. The Morgan fingerprint density at radius 3 is 2.55 bits per heavy atom. The van der Waals surface area contributed by atoms with Gasteiger partial charge in [0.05, 0.1) is 19.4 Å².